The van der Waals surface area contributed by atoms with E-state index in [1.54, 1.807) is 18.2 Å². The number of amides is 3. The van der Waals surface area contributed by atoms with Crippen molar-refractivity contribution in [2.45, 2.75) is 44.7 Å². The topological polar surface area (TPSA) is 71.4 Å². The molecule has 1 saturated carbocycles. The van der Waals surface area contributed by atoms with Gasteiger partial charge in [-0.25, -0.2) is 0 Å². The summed E-state index contributed by atoms with van der Waals surface area (Å²) >= 11 is 0. The van der Waals surface area contributed by atoms with Gasteiger partial charge in [-0.2, -0.15) is 0 Å². The summed E-state index contributed by atoms with van der Waals surface area (Å²) in [6.07, 6.45) is 6.99. The van der Waals surface area contributed by atoms with Crippen molar-refractivity contribution in [2.24, 2.45) is 0 Å². The highest BCUT2D eigenvalue weighted by Crippen LogP contribution is 2.31. The van der Waals surface area contributed by atoms with Crippen LogP contribution >= 0.6 is 0 Å². The molecule has 2 aromatic carbocycles. The van der Waals surface area contributed by atoms with Gasteiger partial charge in [-0.15, -0.1) is 0 Å². The monoisotopic (exact) mass is 415 g/mol. The molecule has 5 rings (SSSR count). The zero-order chi connectivity index (χ0) is 21.4. The lowest BCUT2D eigenvalue weighted by molar-refractivity contribution is 0.0549. The summed E-state index contributed by atoms with van der Waals surface area (Å²) in [6.45, 7) is 1.12. The highest BCUT2D eigenvalue weighted by atomic mass is 16.2. The molecule has 0 spiro atoms. The quantitative estimate of drug-likeness (QED) is 0.641. The number of rotatable bonds is 5. The van der Waals surface area contributed by atoms with Crippen molar-refractivity contribution in [3.8, 4) is 0 Å². The van der Waals surface area contributed by atoms with Gasteiger partial charge >= 0.3 is 0 Å². The van der Waals surface area contributed by atoms with Crippen LogP contribution in [0.15, 0.2) is 54.7 Å². The van der Waals surface area contributed by atoms with Crippen LogP contribution in [0.2, 0.25) is 0 Å². The number of hydrogen-bond acceptors (Lipinski definition) is 3. The van der Waals surface area contributed by atoms with Crippen LogP contribution < -0.4 is 5.32 Å². The van der Waals surface area contributed by atoms with Crippen LogP contribution in [-0.4, -0.2) is 39.8 Å². The van der Waals surface area contributed by atoms with Crippen molar-refractivity contribution < 1.29 is 14.4 Å². The lowest BCUT2D eigenvalue weighted by atomic mass is 9.94. The molecule has 1 fully saturated rings. The zero-order valence-corrected chi connectivity index (χ0v) is 17.3. The molecular formula is C25H25N3O3. The van der Waals surface area contributed by atoms with E-state index < -0.39 is 0 Å². The van der Waals surface area contributed by atoms with Crippen LogP contribution in [0.3, 0.4) is 0 Å². The van der Waals surface area contributed by atoms with Crippen molar-refractivity contribution in [1.82, 2.24) is 14.8 Å². The Kier molecular flexibility index (Phi) is 5.06. The summed E-state index contributed by atoms with van der Waals surface area (Å²) < 4.78 is 2.10. The molecule has 6 nitrogen and oxygen atoms in total. The van der Waals surface area contributed by atoms with E-state index in [1.807, 2.05) is 18.3 Å². The van der Waals surface area contributed by atoms with E-state index in [0.717, 1.165) is 43.0 Å². The Morgan fingerprint density at radius 3 is 2.55 bits per heavy atom. The second kappa shape index (κ2) is 8.02. The predicted octanol–water partition coefficient (Wildman–Crippen LogP) is 4.00. The number of para-hydroxylation sites is 1. The number of benzene rings is 2. The number of imide groups is 1. The van der Waals surface area contributed by atoms with Gasteiger partial charge in [-0.05, 0) is 48.6 Å². The summed E-state index contributed by atoms with van der Waals surface area (Å²) in [5.41, 5.74) is 2.29. The Morgan fingerprint density at radius 1 is 0.935 bits per heavy atom. The second-order valence-corrected chi connectivity index (χ2v) is 8.36. The van der Waals surface area contributed by atoms with E-state index >= 15 is 0 Å². The van der Waals surface area contributed by atoms with Crippen LogP contribution in [0, 0.1) is 0 Å². The average Bonchev–Trinajstić information content (AvgIpc) is 3.33. The molecule has 0 bridgehead atoms. The van der Waals surface area contributed by atoms with Crippen molar-refractivity contribution in [1.29, 1.82) is 0 Å². The molecule has 1 N–H and O–H groups in total. The largest absolute Gasteiger partial charge is 0.350 e. The van der Waals surface area contributed by atoms with Gasteiger partial charge in [0.05, 0.1) is 11.1 Å². The second-order valence-electron chi connectivity index (χ2n) is 8.36. The van der Waals surface area contributed by atoms with Crippen molar-refractivity contribution >= 4 is 28.6 Å². The average molecular weight is 415 g/mol. The Labute approximate surface area is 180 Å². The van der Waals surface area contributed by atoms with E-state index in [1.165, 1.54) is 4.90 Å². The number of carbonyl (C=O) groups is 3. The van der Waals surface area contributed by atoms with Crippen LogP contribution in [0.4, 0.5) is 0 Å². The fourth-order valence-electron chi connectivity index (χ4n) is 4.80. The maximum atomic E-state index is 12.9. The maximum absolute atomic E-state index is 12.9. The first kappa shape index (κ1) is 19.5. The van der Waals surface area contributed by atoms with E-state index in [2.05, 4.69) is 28.1 Å². The van der Waals surface area contributed by atoms with Gasteiger partial charge in [0.15, 0.2) is 0 Å². The minimum absolute atomic E-state index is 0.0187. The highest BCUT2D eigenvalue weighted by Gasteiger charge is 2.40. The Hall–Kier alpha value is -3.41. The molecule has 3 amide bonds. The van der Waals surface area contributed by atoms with Gasteiger partial charge in [0.1, 0.15) is 0 Å². The molecule has 0 saturated heterocycles. The summed E-state index contributed by atoms with van der Waals surface area (Å²) in [4.78, 5) is 39.8. The number of nitrogens with zero attached hydrogens (tertiary/aromatic N) is 2. The number of carbonyl (C=O) groups excluding carboxylic acids is 3. The molecule has 6 heteroatoms. The number of aromatic nitrogens is 1. The molecule has 31 heavy (non-hydrogen) atoms. The van der Waals surface area contributed by atoms with Gasteiger partial charge < -0.3 is 9.88 Å². The molecule has 0 unspecified atom stereocenters. The molecule has 0 atom stereocenters. The Bertz CT molecular complexity index is 1170. The summed E-state index contributed by atoms with van der Waals surface area (Å²) in [6, 6.07) is 15.0. The van der Waals surface area contributed by atoms with Gasteiger partial charge in [0.25, 0.3) is 17.7 Å². The third kappa shape index (κ3) is 3.52. The zero-order valence-electron chi connectivity index (χ0n) is 17.3. The minimum atomic E-state index is -0.264. The van der Waals surface area contributed by atoms with Gasteiger partial charge in [-0.3, -0.25) is 19.3 Å². The normalized spacial score (nSPS) is 16.7. The van der Waals surface area contributed by atoms with Gasteiger partial charge in [0, 0.05) is 36.4 Å². The first-order chi connectivity index (χ1) is 15.1. The summed E-state index contributed by atoms with van der Waals surface area (Å²) in [5.74, 6) is -0.727. The lowest BCUT2D eigenvalue weighted by Gasteiger charge is -2.29. The standard InChI is InChI=1S/C25H25N3O3/c29-23(26-13-15-27-14-12-17-6-4-5-9-22(17)27)18-10-11-20-21(16-18)25(31)28(24(20)30)19-7-2-1-3-8-19/h4-6,9-12,14,16,19H,1-3,7-8,13,15H2,(H,26,29). The molecule has 2 aliphatic rings. The van der Waals surface area contributed by atoms with E-state index in [0.29, 0.717) is 29.8 Å². The number of hydrogen-bond donors (Lipinski definition) is 1. The minimum Gasteiger partial charge on any atom is -0.350 e. The van der Waals surface area contributed by atoms with Gasteiger partial charge in [-0.1, -0.05) is 37.5 Å². The molecule has 158 valence electrons. The van der Waals surface area contributed by atoms with Gasteiger partial charge in [0.2, 0.25) is 0 Å². The first-order valence-electron chi connectivity index (χ1n) is 11.0. The van der Waals surface area contributed by atoms with Crippen molar-refractivity contribution in [3.05, 3.63) is 71.4 Å². The molecule has 0 radical (unpaired) electrons. The van der Waals surface area contributed by atoms with Crippen molar-refractivity contribution in [3.63, 3.8) is 0 Å². The predicted molar refractivity (Wildman–Crippen MR) is 118 cm³/mol. The Balaban J connectivity index is 1.27. The fourth-order valence-corrected chi connectivity index (χ4v) is 4.80. The van der Waals surface area contributed by atoms with E-state index in [4.69, 9.17) is 0 Å². The molecular weight excluding hydrogens is 390 g/mol. The lowest BCUT2D eigenvalue weighted by Crippen LogP contribution is -2.40. The molecule has 3 aromatic rings. The molecule has 1 aliphatic heterocycles. The molecule has 2 heterocycles. The first-order valence-corrected chi connectivity index (χ1v) is 11.0. The van der Waals surface area contributed by atoms with Crippen LogP contribution in [0.5, 0.6) is 0 Å². The third-order valence-corrected chi connectivity index (χ3v) is 6.44. The number of nitrogens with one attached hydrogen (secondary N) is 1. The summed E-state index contributed by atoms with van der Waals surface area (Å²) in [7, 11) is 0. The molecule has 1 aromatic heterocycles. The Morgan fingerprint density at radius 2 is 1.71 bits per heavy atom. The molecule has 1 aliphatic carbocycles. The van der Waals surface area contributed by atoms with Crippen LogP contribution in [-0.2, 0) is 6.54 Å². The van der Waals surface area contributed by atoms with E-state index in [9.17, 15) is 14.4 Å². The van der Waals surface area contributed by atoms with E-state index in [-0.39, 0.29) is 23.8 Å². The van der Waals surface area contributed by atoms with Crippen LogP contribution in [0.1, 0.15) is 63.2 Å². The highest BCUT2D eigenvalue weighted by molar-refractivity contribution is 6.22. The SMILES string of the molecule is O=C(NCCn1ccc2ccccc21)c1ccc2c(c1)C(=O)N(C1CCCCC1)C2=O. The van der Waals surface area contributed by atoms with Crippen LogP contribution in [0.25, 0.3) is 10.9 Å². The fraction of sp³-hybridized carbons (Fsp3) is 0.320. The van der Waals surface area contributed by atoms with Crippen molar-refractivity contribution in [2.75, 3.05) is 6.54 Å². The maximum Gasteiger partial charge on any atom is 0.261 e. The summed E-state index contributed by atoms with van der Waals surface area (Å²) in [5, 5.41) is 4.09. The third-order valence-electron chi connectivity index (χ3n) is 6.44. The number of fused-ring (bicyclic) bond motifs is 2. The smallest absolute Gasteiger partial charge is 0.261 e.